The Kier molecular flexibility index (Phi) is 5.21. The number of aromatic hydroxyl groups is 1. The summed E-state index contributed by atoms with van der Waals surface area (Å²) < 4.78 is 10.8. The molecule has 3 atom stereocenters. The largest absolute Gasteiger partial charge is 0.504 e. The van der Waals surface area contributed by atoms with Gasteiger partial charge in [0.05, 0.1) is 14.2 Å². The number of aliphatic hydroxyl groups is 1. The number of aliphatic hydroxyl groups excluding tert-OH is 1. The van der Waals surface area contributed by atoms with Crippen LogP contribution < -0.4 is 9.47 Å². The molecule has 2 aliphatic rings. The number of fused-ring (bicyclic) bond motifs is 3. The Morgan fingerprint density at radius 3 is 2.67 bits per heavy atom. The number of nitrogens with zero attached hydrogens (tertiary/aromatic N) is 1. The highest BCUT2D eigenvalue weighted by Crippen LogP contribution is 2.51. The third kappa shape index (κ3) is 2.84. The molecule has 5 heteroatoms. The number of rotatable bonds is 5. The van der Waals surface area contributed by atoms with Gasteiger partial charge in [0.15, 0.2) is 11.5 Å². The fraction of sp³-hybridized carbons (Fsp3) is 0.684. The van der Waals surface area contributed by atoms with Crippen molar-refractivity contribution in [2.75, 3.05) is 33.9 Å². The SMILES string of the molecule is CCC1CN2CCc3cc(OC)c(OC)c(O)c3C2CC1CCO. The van der Waals surface area contributed by atoms with Gasteiger partial charge in [0.1, 0.15) is 0 Å². The summed E-state index contributed by atoms with van der Waals surface area (Å²) in [7, 11) is 3.16. The van der Waals surface area contributed by atoms with Crippen LogP contribution in [0, 0.1) is 11.8 Å². The molecule has 1 fully saturated rings. The molecule has 134 valence electrons. The Hall–Kier alpha value is -1.46. The van der Waals surface area contributed by atoms with Gasteiger partial charge in [-0.05, 0) is 42.7 Å². The van der Waals surface area contributed by atoms with Crippen LogP contribution in [0.5, 0.6) is 17.2 Å². The summed E-state index contributed by atoms with van der Waals surface area (Å²) in [5.41, 5.74) is 2.15. The summed E-state index contributed by atoms with van der Waals surface area (Å²) in [6.07, 6.45) is 3.88. The molecule has 3 unspecified atom stereocenters. The van der Waals surface area contributed by atoms with Gasteiger partial charge < -0.3 is 19.7 Å². The van der Waals surface area contributed by atoms with Crippen molar-refractivity contribution in [3.8, 4) is 17.2 Å². The van der Waals surface area contributed by atoms with E-state index in [4.69, 9.17) is 9.47 Å². The Morgan fingerprint density at radius 1 is 1.25 bits per heavy atom. The zero-order valence-corrected chi connectivity index (χ0v) is 14.9. The lowest BCUT2D eigenvalue weighted by Gasteiger charge is -2.47. The topological polar surface area (TPSA) is 62.2 Å². The second kappa shape index (κ2) is 7.19. The fourth-order valence-electron chi connectivity index (χ4n) is 4.62. The normalized spacial score (nSPS) is 26.6. The minimum Gasteiger partial charge on any atom is -0.504 e. The van der Waals surface area contributed by atoms with Crippen LogP contribution in [0.1, 0.15) is 43.4 Å². The number of benzene rings is 1. The highest BCUT2D eigenvalue weighted by Gasteiger charge is 2.40. The lowest BCUT2D eigenvalue weighted by Crippen LogP contribution is -2.46. The van der Waals surface area contributed by atoms with Crippen molar-refractivity contribution < 1.29 is 19.7 Å². The van der Waals surface area contributed by atoms with Crippen molar-refractivity contribution in [1.82, 2.24) is 4.90 Å². The molecule has 2 heterocycles. The van der Waals surface area contributed by atoms with Crippen molar-refractivity contribution in [3.05, 3.63) is 17.2 Å². The zero-order valence-electron chi connectivity index (χ0n) is 14.9. The Morgan fingerprint density at radius 2 is 2.04 bits per heavy atom. The maximum atomic E-state index is 10.8. The summed E-state index contributed by atoms with van der Waals surface area (Å²) in [5, 5.41) is 20.3. The second-order valence-corrected chi connectivity index (χ2v) is 6.97. The molecular formula is C19H29NO4. The number of hydrogen-bond acceptors (Lipinski definition) is 5. The van der Waals surface area contributed by atoms with E-state index in [1.165, 1.54) is 0 Å². The lowest BCUT2D eigenvalue weighted by atomic mass is 9.74. The van der Waals surface area contributed by atoms with Crippen molar-refractivity contribution in [3.63, 3.8) is 0 Å². The molecule has 1 saturated heterocycles. The molecule has 2 aliphatic heterocycles. The van der Waals surface area contributed by atoms with Gasteiger partial charge in [0, 0.05) is 31.3 Å². The predicted molar refractivity (Wildman–Crippen MR) is 92.8 cm³/mol. The van der Waals surface area contributed by atoms with Gasteiger partial charge in [-0.15, -0.1) is 0 Å². The first-order chi connectivity index (χ1) is 11.6. The van der Waals surface area contributed by atoms with E-state index in [-0.39, 0.29) is 18.4 Å². The van der Waals surface area contributed by atoms with Crippen LogP contribution in [0.15, 0.2) is 6.07 Å². The number of phenols is 1. The number of piperidine rings is 1. The average Bonchev–Trinajstić information content (AvgIpc) is 2.60. The predicted octanol–water partition coefficient (Wildman–Crippen LogP) is 2.74. The molecule has 1 aromatic rings. The Balaban J connectivity index is 2.00. The van der Waals surface area contributed by atoms with Gasteiger partial charge in [-0.25, -0.2) is 0 Å². The van der Waals surface area contributed by atoms with Gasteiger partial charge in [-0.1, -0.05) is 13.3 Å². The van der Waals surface area contributed by atoms with E-state index in [9.17, 15) is 10.2 Å². The van der Waals surface area contributed by atoms with E-state index in [2.05, 4.69) is 11.8 Å². The molecule has 0 aliphatic carbocycles. The average molecular weight is 335 g/mol. The molecule has 1 aromatic carbocycles. The van der Waals surface area contributed by atoms with Crippen LogP contribution in [0.4, 0.5) is 0 Å². The number of ether oxygens (including phenoxy) is 2. The second-order valence-electron chi connectivity index (χ2n) is 6.97. The minimum absolute atomic E-state index is 0.202. The first kappa shape index (κ1) is 17.4. The summed E-state index contributed by atoms with van der Waals surface area (Å²) in [6, 6.07) is 2.21. The fourth-order valence-corrected chi connectivity index (χ4v) is 4.62. The third-order valence-electron chi connectivity index (χ3n) is 5.90. The third-order valence-corrected chi connectivity index (χ3v) is 5.90. The minimum atomic E-state index is 0.202. The van der Waals surface area contributed by atoms with Crippen LogP contribution in [-0.4, -0.2) is 49.0 Å². The molecule has 0 aromatic heterocycles. The highest BCUT2D eigenvalue weighted by molar-refractivity contribution is 5.60. The monoisotopic (exact) mass is 335 g/mol. The summed E-state index contributed by atoms with van der Waals surface area (Å²) in [4.78, 5) is 2.50. The molecule has 5 nitrogen and oxygen atoms in total. The maximum Gasteiger partial charge on any atom is 0.203 e. The molecule has 0 bridgehead atoms. The molecule has 24 heavy (non-hydrogen) atoms. The van der Waals surface area contributed by atoms with Crippen molar-refractivity contribution >= 4 is 0 Å². The van der Waals surface area contributed by atoms with Gasteiger partial charge in [-0.3, -0.25) is 4.90 Å². The van der Waals surface area contributed by atoms with Crippen LogP contribution in [0.3, 0.4) is 0 Å². The standard InChI is InChI=1S/C19H29NO4/c1-4-12-11-20-7-5-14-10-16(23-2)19(24-3)18(22)17(14)15(20)9-13(12)6-8-21/h10,12-13,15,21-22H,4-9,11H2,1-3H3. The Labute approximate surface area is 144 Å². The number of hydrogen-bond donors (Lipinski definition) is 2. The summed E-state index contributed by atoms with van der Waals surface area (Å²) in [5.74, 6) is 2.36. The highest BCUT2D eigenvalue weighted by atomic mass is 16.5. The molecule has 2 N–H and O–H groups in total. The molecule has 3 rings (SSSR count). The molecule has 0 saturated carbocycles. The molecule has 0 amide bonds. The van der Waals surface area contributed by atoms with Gasteiger partial charge in [0.2, 0.25) is 5.75 Å². The quantitative estimate of drug-likeness (QED) is 0.866. The van der Waals surface area contributed by atoms with E-state index in [1.807, 2.05) is 6.07 Å². The number of phenolic OH excluding ortho intramolecular Hbond substituents is 1. The van der Waals surface area contributed by atoms with Crippen LogP contribution in [-0.2, 0) is 6.42 Å². The van der Waals surface area contributed by atoms with Crippen LogP contribution in [0.25, 0.3) is 0 Å². The summed E-state index contributed by atoms with van der Waals surface area (Å²) in [6.45, 7) is 4.52. The van der Waals surface area contributed by atoms with Gasteiger partial charge >= 0.3 is 0 Å². The molecular weight excluding hydrogens is 306 g/mol. The number of methoxy groups -OCH3 is 2. The molecule has 0 radical (unpaired) electrons. The zero-order chi connectivity index (χ0) is 17.3. The van der Waals surface area contributed by atoms with Gasteiger partial charge in [0.25, 0.3) is 0 Å². The first-order valence-corrected chi connectivity index (χ1v) is 8.96. The van der Waals surface area contributed by atoms with E-state index in [0.29, 0.717) is 23.3 Å². The molecule has 0 spiro atoms. The first-order valence-electron chi connectivity index (χ1n) is 8.96. The van der Waals surface area contributed by atoms with Crippen molar-refractivity contribution in [2.24, 2.45) is 11.8 Å². The van der Waals surface area contributed by atoms with Crippen molar-refractivity contribution in [2.45, 2.75) is 38.6 Å². The van der Waals surface area contributed by atoms with E-state index in [1.54, 1.807) is 14.2 Å². The van der Waals surface area contributed by atoms with Crippen LogP contribution >= 0.6 is 0 Å². The van der Waals surface area contributed by atoms with Crippen LogP contribution in [0.2, 0.25) is 0 Å². The van der Waals surface area contributed by atoms with Gasteiger partial charge in [-0.2, -0.15) is 0 Å². The Bertz CT molecular complexity index is 589. The summed E-state index contributed by atoms with van der Waals surface area (Å²) >= 11 is 0. The van der Waals surface area contributed by atoms with Crippen molar-refractivity contribution in [1.29, 1.82) is 0 Å². The smallest absolute Gasteiger partial charge is 0.203 e. The maximum absolute atomic E-state index is 10.8. The van der Waals surface area contributed by atoms with E-state index >= 15 is 0 Å². The van der Waals surface area contributed by atoms with E-state index < -0.39 is 0 Å². The van der Waals surface area contributed by atoms with E-state index in [0.717, 1.165) is 49.9 Å². The lowest BCUT2D eigenvalue weighted by molar-refractivity contribution is 0.0396.